The second kappa shape index (κ2) is 4.93. The molecule has 0 radical (unpaired) electrons. The average Bonchev–Trinajstić information content (AvgIpc) is 2.33. The number of hydrogen-bond donors (Lipinski definition) is 1. The molecule has 0 saturated heterocycles. The van der Waals surface area contributed by atoms with Crippen LogP contribution in [0.15, 0.2) is 42.7 Å². The van der Waals surface area contributed by atoms with E-state index < -0.39 is 0 Å². The van der Waals surface area contributed by atoms with Gasteiger partial charge in [-0.25, -0.2) is 4.39 Å². The van der Waals surface area contributed by atoms with Gasteiger partial charge in [0.25, 0.3) is 5.91 Å². The van der Waals surface area contributed by atoms with E-state index in [1.807, 2.05) is 0 Å². The van der Waals surface area contributed by atoms with Crippen molar-refractivity contribution in [3.8, 4) is 0 Å². The number of nitrogens with zero attached hydrogens (tertiary/aromatic N) is 1. The lowest BCUT2D eigenvalue weighted by Gasteiger charge is -2.06. The number of benzene rings is 1. The number of carbonyl (C=O) groups excluding carboxylic acids is 1. The number of halogens is 2. The van der Waals surface area contributed by atoms with E-state index >= 15 is 0 Å². The summed E-state index contributed by atoms with van der Waals surface area (Å²) in [6.45, 7) is 0. The van der Waals surface area contributed by atoms with Crippen LogP contribution in [0.3, 0.4) is 0 Å². The smallest absolute Gasteiger partial charge is 0.255 e. The molecule has 1 aromatic heterocycles. The zero-order valence-corrected chi connectivity index (χ0v) is 9.41. The van der Waals surface area contributed by atoms with Crippen LogP contribution in [0.5, 0.6) is 0 Å². The number of pyridine rings is 1. The van der Waals surface area contributed by atoms with Crippen molar-refractivity contribution < 1.29 is 9.18 Å². The highest BCUT2D eigenvalue weighted by Crippen LogP contribution is 2.19. The molecule has 5 heteroatoms. The molecule has 0 aliphatic carbocycles. The van der Waals surface area contributed by atoms with Crippen molar-refractivity contribution in [2.75, 3.05) is 5.32 Å². The van der Waals surface area contributed by atoms with Crippen molar-refractivity contribution in [1.82, 2.24) is 4.98 Å². The maximum absolute atomic E-state index is 12.7. The number of hydrogen-bond acceptors (Lipinski definition) is 2. The third-order valence-corrected chi connectivity index (χ3v) is 2.45. The first kappa shape index (κ1) is 11.5. The summed E-state index contributed by atoms with van der Waals surface area (Å²) in [6, 6.07) is 6.81. The summed E-state index contributed by atoms with van der Waals surface area (Å²) in [5.41, 5.74) is 0.773. The third kappa shape index (κ3) is 2.79. The molecule has 0 spiro atoms. The first-order valence-corrected chi connectivity index (χ1v) is 5.21. The zero-order chi connectivity index (χ0) is 12.3. The van der Waals surface area contributed by atoms with Gasteiger partial charge in [-0.3, -0.25) is 9.78 Å². The van der Waals surface area contributed by atoms with E-state index in [0.717, 1.165) is 0 Å². The molecule has 1 amide bonds. The molecular formula is C12H8ClFN2O. The lowest BCUT2D eigenvalue weighted by Crippen LogP contribution is -2.12. The zero-order valence-electron chi connectivity index (χ0n) is 8.65. The fourth-order valence-electron chi connectivity index (χ4n) is 1.27. The van der Waals surface area contributed by atoms with E-state index in [0.29, 0.717) is 16.3 Å². The van der Waals surface area contributed by atoms with Crippen molar-refractivity contribution in [3.63, 3.8) is 0 Å². The summed E-state index contributed by atoms with van der Waals surface area (Å²) in [5.74, 6) is -0.749. The van der Waals surface area contributed by atoms with Gasteiger partial charge < -0.3 is 5.32 Å². The van der Waals surface area contributed by atoms with Crippen LogP contribution in [0.25, 0.3) is 0 Å². The van der Waals surface area contributed by atoms with E-state index in [-0.39, 0.29) is 11.7 Å². The average molecular weight is 251 g/mol. The Kier molecular flexibility index (Phi) is 3.35. The molecule has 1 aromatic carbocycles. The van der Waals surface area contributed by atoms with E-state index in [9.17, 15) is 9.18 Å². The molecule has 0 unspecified atom stereocenters. The molecule has 1 N–H and O–H groups in total. The minimum atomic E-state index is -0.388. The molecule has 2 rings (SSSR count). The van der Waals surface area contributed by atoms with Crippen LogP contribution in [-0.2, 0) is 0 Å². The fraction of sp³-hybridized carbons (Fsp3) is 0. The molecule has 0 saturated carbocycles. The third-order valence-electron chi connectivity index (χ3n) is 2.12. The van der Waals surface area contributed by atoms with Crippen LogP contribution in [0.4, 0.5) is 10.1 Å². The number of carbonyl (C=O) groups is 1. The minimum absolute atomic E-state index is 0.353. The largest absolute Gasteiger partial charge is 0.319 e. The van der Waals surface area contributed by atoms with E-state index in [1.165, 1.54) is 36.7 Å². The molecule has 86 valence electrons. The maximum atomic E-state index is 12.7. The number of rotatable bonds is 2. The molecular weight excluding hydrogens is 243 g/mol. The maximum Gasteiger partial charge on any atom is 0.255 e. The molecule has 2 aromatic rings. The Morgan fingerprint density at radius 1 is 1.24 bits per heavy atom. The van der Waals surface area contributed by atoms with Gasteiger partial charge >= 0.3 is 0 Å². The summed E-state index contributed by atoms with van der Waals surface area (Å²) in [4.78, 5) is 15.6. The Balaban J connectivity index is 2.17. The first-order valence-electron chi connectivity index (χ1n) is 4.83. The van der Waals surface area contributed by atoms with Crippen LogP contribution < -0.4 is 5.32 Å². The van der Waals surface area contributed by atoms with E-state index in [1.54, 1.807) is 6.07 Å². The Morgan fingerprint density at radius 2 is 1.94 bits per heavy atom. The van der Waals surface area contributed by atoms with Crippen LogP contribution in [-0.4, -0.2) is 10.9 Å². The van der Waals surface area contributed by atoms with Crippen LogP contribution >= 0.6 is 11.6 Å². The highest BCUT2D eigenvalue weighted by molar-refractivity contribution is 6.33. The van der Waals surface area contributed by atoms with Crippen molar-refractivity contribution in [2.45, 2.75) is 0 Å². The molecule has 0 aliphatic rings. The topological polar surface area (TPSA) is 42.0 Å². The monoisotopic (exact) mass is 250 g/mol. The summed E-state index contributed by atoms with van der Waals surface area (Å²) in [5, 5.41) is 2.99. The predicted octanol–water partition coefficient (Wildman–Crippen LogP) is 3.13. The number of nitrogens with one attached hydrogen (secondary N) is 1. The lowest BCUT2D eigenvalue weighted by molar-refractivity contribution is 0.102. The summed E-state index contributed by atoms with van der Waals surface area (Å²) < 4.78 is 12.7. The highest BCUT2D eigenvalue weighted by atomic mass is 35.5. The van der Waals surface area contributed by atoms with Gasteiger partial charge in [0.2, 0.25) is 0 Å². The van der Waals surface area contributed by atoms with Crippen LogP contribution in [0.1, 0.15) is 10.4 Å². The van der Waals surface area contributed by atoms with E-state index in [4.69, 9.17) is 11.6 Å². The summed E-state index contributed by atoms with van der Waals surface area (Å²) in [6.07, 6.45) is 2.97. The molecule has 0 atom stereocenters. The van der Waals surface area contributed by atoms with Gasteiger partial charge in [0.1, 0.15) is 5.82 Å². The standard InChI is InChI=1S/C12H8ClFN2O/c13-10-5-6-15-7-11(10)16-12(17)8-1-3-9(14)4-2-8/h1-7H,(H,16,17). The number of amides is 1. The summed E-state index contributed by atoms with van der Waals surface area (Å²) in [7, 11) is 0. The SMILES string of the molecule is O=C(Nc1cnccc1Cl)c1ccc(F)cc1. The van der Waals surface area contributed by atoms with Crippen molar-refractivity contribution in [3.05, 3.63) is 59.1 Å². The Morgan fingerprint density at radius 3 is 2.59 bits per heavy atom. The molecule has 17 heavy (non-hydrogen) atoms. The Hall–Kier alpha value is -1.94. The molecule has 1 heterocycles. The number of anilines is 1. The van der Waals surface area contributed by atoms with Gasteiger partial charge in [-0.1, -0.05) is 11.6 Å². The predicted molar refractivity (Wildman–Crippen MR) is 63.6 cm³/mol. The van der Waals surface area contributed by atoms with Gasteiger partial charge in [0.05, 0.1) is 16.9 Å². The second-order valence-electron chi connectivity index (χ2n) is 3.32. The fourth-order valence-corrected chi connectivity index (χ4v) is 1.42. The van der Waals surface area contributed by atoms with Gasteiger partial charge in [0.15, 0.2) is 0 Å². The lowest BCUT2D eigenvalue weighted by atomic mass is 10.2. The van der Waals surface area contributed by atoms with Crippen molar-refractivity contribution >= 4 is 23.2 Å². The van der Waals surface area contributed by atoms with Crippen molar-refractivity contribution in [2.24, 2.45) is 0 Å². The van der Waals surface area contributed by atoms with Gasteiger partial charge in [0, 0.05) is 11.8 Å². The molecule has 0 aliphatic heterocycles. The van der Waals surface area contributed by atoms with Crippen LogP contribution in [0, 0.1) is 5.82 Å². The molecule has 0 fully saturated rings. The van der Waals surface area contributed by atoms with Gasteiger partial charge in [-0.15, -0.1) is 0 Å². The van der Waals surface area contributed by atoms with Crippen LogP contribution in [0.2, 0.25) is 5.02 Å². The highest BCUT2D eigenvalue weighted by Gasteiger charge is 2.08. The number of aromatic nitrogens is 1. The first-order chi connectivity index (χ1) is 8.16. The Labute approximate surface area is 102 Å². The Bertz CT molecular complexity index is 542. The normalized spacial score (nSPS) is 10.0. The minimum Gasteiger partial charge on any atom is -0.319 e. The van der Waals surface area contributed by atoms with Crippen molar-refractivity contribution in [1.29, 1.82) is 0 Å². The van der Waals surface area contributed by atoms with Gasteiger partial charge in [-0.2, -0.15) is 0 Å². The second-order valence-corrected chi connectivity index (χ2v) is 3.72. The molecule has 0 bridgehead atoms. The summed E-state index contributed by atoms with van der Waals surface area (Å²) >= 11 is 5.87. The van der Waals surface area contributed by atoms with E-state index in [2.05, 4.69) is 10.3 Å². The molecule has 3 nitrogen and oxygen atoms in total. The quantitative estimate of drug-likeness (QED) is 0.890. The van der Waals surface area contributed by atoms with Gasteiger partial charge in [-0.05, 0) is 30.3 Å².